The highest BCUT2D eigenvalue weighted by Gasteiger charge is 2.14. The third kappa shape index (κ3) is 3.17. The van der Waals surface area contributed by atoms with Gasteiger partial charge in [-0.2, -0.15) is 0 Å². The van der Waals surface area contributed by atoms with E-state index in [1.165, 1.54) is 12.5 Å². The molecule has 0 saturated carbocycles. The molecule has 0 aliphatic heterocycles. The summed E-state index contributed by atoms with van der Waals surface area (Å²) in [7, 11) is 0. The minimum Gasteiger partial charge on any atom is -0.480 e. The standard InChI is InChI=1S/C15H18N2O3/c1-9-3-5-13-12(7-9)11(8-16-13)4-6-14(18)17-10(2)15(19)20/h3,5,7-8,10,16H,4,6H2,1-2H3,(H,17,18)(H,19,20)/t10-/m0/s1. The zero-order valence-electron chi connectivity index (χ0n) is 11.6. The number of carboxylic acid groups (broad SMARTS) is 1. The molecule has 0 aliphatic carbocycles. The number of aromatic nitrogens is 1. The molecule has 106 valence electrons. The highest BCUT2D eigenvalue weighted by molar-refractivity contribution is 5.86. The maximum Gasteiger partial charge on any atom is 0.325 e. The van der Waals surface area contributed by atoms with Gasteiger partial charge in [-0.25, -0.2) is 0 Å². The number of nitrogens with one attached hydrogen (secondary N) is 2. The second-order valence-corrected chi connectivity index (χ2v) is 4.99. The summed E-state index contributed by atoms with van der Waals surface area (Å²) in [5, 5.41) is 12.3. The van der Waals surface area contributed by atoms with Gasteiger partial charge in [0.05, 0.1) is 0 Å². The fraction of sp³-hybridized carbons (Fsp3) is 0.333. The molecular formula is C15H18N2O3. The van der Waals surface area contributed by atoms with Crippen LogP contribution in [0.15, 0.2) is 24.4 Å². The number of carbonyl (C=O) groups is 2. The van der Waals surface area contributed by atoms with Crippen molar-refractivity contribution in [2.24, 2.45) is 0 Å². The van der Waals surface area contributed by atoms with Gasteiger partial charge in [0.1, 0.15) is 6.04 Å². The number of benzene rings is 1. The Labute approximate surface area is 117 Å². The second-order valence-electron chi connectivity index (χ2n) is 4.99. The molecule has 0 fully saturated rings. The summed E-state index contributed by atoms with van der Waals surface area (Å²) in [6.45, 7) is 3.48. The zero-order chi connectivity index (χ0) is 14.7. The van der Waals surface area contributed by atoms with E-state index < -0.39 is 12.0 Å². The molecule has 0 bridgehead atoms. The fourth-order valence-electron chi connectivity index (χ4n) is 2.12. The molecular weight excluding hydrogens is 256 g/mol. The number of carbonyl (C=O) groups excluding carboxylic acids is 1. The summed E-state index contributed by atoms with van der Waals surface area (Å²) in [4.78, 5) is 25.5. The normalized spacial score (nSPS) is 12.3. The summed E-state index contributed by atoms with van der Waals surface area (Å²) in [5.74, 6) is -1.28. The average molecular weight is 274 g/mol. The summed E-state index contributed by atoms with van der Waals surface area (Å²) in [5.41, 5.74) is 3.29. The van der Waals surface area contributed by atoms with Crippen LogP contribution in [-0.4, -0.2) is 28.0 Å². The van der Waals surface area contributed by atoms with Crippen LogP contribution in [0.2, 0.25) is 0 Å². The Hall–Kier alpha value is -2.30. The van der Waals surface area contributed by atoms with Gasteiger partial charge < -0.3 is 15.4 Å². The molecule has 5 nitrogen and oxygen atoms in total. The van der Waals surface area contributed by atoms with Gasteiger partial charge in [0.2, 0.25) is 5.91 Å². The number of fused-ring (bicyclic) bond motifs is 1. The maximum atomic E-state index is 11.7. The van der Waals surface area contributed by atoms with Gasteiger partial charge >= 0.3 is 5.97 Å². The molecule has 0 unspecified atom stereocenters. The first kappa shape index (κ1) is 14.1. The smallest absolute Gasteiger partial charge is 0.325 e. The van der Waals surface area contributed by atoms with Gasteiger partial charge in [-0.1, -0.05) is 11.6 Å². The van der Waals surface area contributed by atoms with Gasteiger partial charge in [-0.15, -0.1) is 0 Å². The molecule has 2 aromatic rings. The topological polar surface area (TPSA) is 82.2 Å². The fourth-order valence-corrected chi connectivity index (χ4v) is 2.12. The molecule has 3 N–H and O–H groups in total. The molecule has 0 radical (unpaired) electrons. The summed E-state index contributed by atoms with van der Waals surface area (Å²) < 4.78 is 0. The largest absolute Gasteiger partial charge is 0.480 e. The number of hydrogen-bond donors (Lipinski definition) is 3. The lowest BCUT2D eigenvalue weighted by Gasteiger charge is -2.08. The van der Waals surface area contributed by atoms with Crippen LogP contribution < -0.4 is 5.32 Å². The first-order valence-corrected chi connectivity index (χ1v) is 6.56. The Morgan fingerprint density at radius 3 is 2.85 bits per heavy atom. The van der Waals surface area contributed by atoms with Crippen LogP contribution in [-0.2, 0) is 16.0 Å². The van der Waals surface area contributed by atoms with E-state index in [1.54, 1.807) is 0 Å². The summed E-state index contributed by atoms with van der Waals surface area (Å²) in [6.07, 6.45) is 2.76. The molecule has 1 heterocycles. The number of aliphatic carboxylic acids is 1. The SMILES string of the molecule is Cc1ccc2[nH]cc(CCC(=O)N[C@@H](C)C(=O)O)c2c1. The van der Waals surface area contributed by atoms with Crippen molar-refractivity contribution in [3.05, 3.63) is 35.5 Å². The number of carboxylic acids is 1. The number of hydrogen-bond acceptors (Lipinski definition) is 2. The zero-order valence-corrected chi connectivity index (χ0v) is 11.6. The van der Waals surface area contributed by atoms with Crippen molar-refractivity contribution in [3.63, 3.8) is 0 Å². The number of H-pyrrole nitrogens is 1. The highest BCUT2D eigenvalue weighted by Crippen LogP contribution is 2.20. The molecule has 1 aromatic heterocycles. The van der Waals surface area contributed by atoms with Crippen LogP contribution >= 0.6 is 0 Å². The van der Waals surface area contributed by atoms with Crippen LogP contribution in [0, 0.1) is 6.92 Å². The highest BCUT2D eigenvalue weighted by atomic mass is 16.4. The first-order valence-electron chi connectivity index (χ1n) is 6.56. The molecule has 0 aliphatic rings. The van der Waals surface area contributed by atoms with Crippen molar-refractivity contribution in [2.45, 2.75) is 32.7 Å². The molecule has 1 aromatic carbocycles. The number of rotatable bonds is 5. The molecule has 1 atom stereocenters. The van der Waals surface area contributed by atoms with Crippen LogP contribution in [0.4, 0.5) is 0 Å². The monoisotopic (exact) mass is 274 g/mol. The number of aromatic amines is 1. The van der Waals surface area contributed by atoms with Gasteiger partial charge in [-0.05, 0) is 38.0 Å². The molecule has 20 heavy (non-hydrogen) atoms. The Kier molecular flexibility index (Phi) is 4.08. The van der Waals surface area contributed by atoms with Crippen LogP contribution in [0.1, 0.15) is 24.5 Å². The Morgan fingerprint density at radius 1 is 1.40 bits per heavy atom. The quantitative estimate of drug-likeness (QED) is 0.780. The molecule has 1 amide bonds. The predicted octanol–water partition coefficient (Wildman–Crippen LogP) is 2.00. The Balaban J connectivity index is 2.01. The second kappa shape index (κ2) is 5.77. The van der Waals surface area contributed by atoms with E-state index in [1.807, 2.05) is 25.3 Å². The van der Waals surface area contributed by atoms with E-state index in [0.29, 0.717) is 6.42 Å². The van der Waals surface area contributed by atoms with E-state index in [-0.39, 0.29) is 12.3 Å². The molecule has 2 rings (SSSR count). The third-order valence-electron chi connectivity index (χ3n) is 3.29. The van der Waals surface area contributed by atoms with Crippen molar-refractivity contribution in [3.8, 4) is 0 Å². The lowest BCUT2D eigenvalue weighted by atomic mass is 10.1. The van der Waals surface area contributed by atoms with Crippen LogP contribution in [0.25, 0.3) is 10.9 Å². The van der Waals surface area contributed by atoms with E-state index in [9.17, 15) is 9.59 Å². The van der Waals surface area contributed by atoms with Crippen molar-refractivity contribution in [1.82, 2.24) is 10.3 Å². The lowest BCUT2D eigenvalue weighted by molar-refractivity contribution is -0.141. The maximum absolute atomic E-state index is 11.7. The van der Waals surface area contributed by atoms with E-state index in [2.05, 4.69) is 16.4 Å². The molecule has 5 heteroatoms. The van der Waals surface area contributed by atoms with Gasteiger partial charge in [0.25, 0.3) is 0 Å². The number of amides is 1. The van der Waals surface area contributed by atoms with Crippen molar-refractivity contribution in [1.29, 1.82) is 0 Å². The predicted molar refractivity (Wildman–Crippen MR) is 76.6 cm³/mol. The minimum atomic E-state index is -1.03. The first-order chi connectivity index (χ1) is 9.47. The van der Waals surface area contributed by atoms with Crippen LogP contribution in [0.5, 0.6) is 0 Å². The Bertz CT molecular complexity index is 646. The van der Waals surface area contributed by atoms with E-state index >= 15 is 0 Å². The van der Waals surface area contributed by atoms with E-state index in [0.717, 1.165) is 16.5 Å². The summed E-state index contributed by atoms with van der Waals surface area (Å²) in [6, 6.07) is 5.27. The Morgan fingerprint density at radius 2 is 2.15 bits per heavy atom. The minimum absolute atomic E-state index is 0.248. The van der Waals surface area contributed by atoms with Gasteiger partial charge in [-0.3, -0.25) is 9.59 Å². The van der Waals surface area contributed by atoms with Crippen molar-refractivity contribution < 1.29 is 14.7 Å². The average Bonchev–Trinajstić information content (AvgIpc) is 2.78. The van der Waals surface area contributed by atoms with Gasteiger partial charge in [0, 0.05) is 23.5 Å². The number of aryl methyl sites for hydroxylation is 2. The summed E-state index contributed by atoms with van der Waals surface area (Å²) >= 11 is 0. The molecule has 0 spiro atoms. The third-order valence-corrected chi connectivity index (χ3v) is 3.29. The van der Waals surface area contributed by atoms with Crippen molar-refractivity contribution in [2.75, 3.05) is 0 Å². The van der Waals surface area contributed by atoms with E-state index in [4.69, 9.17) is 5.11 Å². The van der Waals surface area contributed by atoms with Crippen molar-refractivity contribution >= 4 is 22.8 Å². The lowest BCUT2D eigenvalue weighted by Crippen LogP contribution is -2.38. The van der Waals surface area contributed by atoms with Crippen LogP contribution in [0.3, 0.4) is 0 Å². The van der Waals surface area contributed by atoms with Gasteiger partial charge in [0.15, 0.2) is 0 Å². The molecule has 0 saturated heterocycles.